The van der Waals surface area contributed by atoms with Gasteiger partial charge in [0.2, 0.25) is 5.28 Å². The van der Waals surface area contributed by atoms with Crippen molar-refractivity contribution < 1.29 is 18.7 Å². The molecule has 1 aromatic rings. The molecule has 0 unspecified atom stereocenters. The summed E-state index contributed by atoms with van der Waals surface area (Å²) in [5.74, 6) is 0.344. The fourth-order valence-electron chi connectivity index (χ4n) is 1.17. The number of rotatable bonds is 5. The lowest BCUT2D eigenvalue weighted by Gasteiger charge is -2.20. The second-order valence-electron chi connectivity index (χ2n) is 5.10. The minimum Gasteiger partial charge on any atom is -0.486 e. The summed E-state index contributed by atoms with van der Waals surface area (Å²) in [6, 6.07) is 0. The SMILES string of the molecule is CC(C)(C)OC(=O)NCC(=CF)COc1cnc(Cl)nc1. The lowest BCUT2D eigenvalue weighted by molar-refractivity contribution is 0.0531. The fraction of sp³-hybridized carbons (Fsp3) is 0.462. The summed E-state index contributed by atoms with van der Waals surface area (Å²) in [5, 5.41) is 2.53. The van der Waals surface area contributed by atoms with E-state index < -0.39 is 11.7 Å². The fourth-order valence-corrected chi connectivity index (χ4v) is 1.27. The molecule has 0 aromatic carbocycles. The van der Waals surface area contributed by atoms with Gasteiger partial charge in [-0.15, -0.1) is 0 Å². The molecule has 0 radical (unpaired) electrons. The van der Waals surface area contributed by atoms with Crippen LogP contribution in [0.1, 0.15) is 20.8 Å². The van der Waals surface area contributed by atoms with Gasteiger partial charge in [-0.2, -0.15) is 0 Å². The van der Waals surface area contributed by atoms with Gasteiger partial charge in [0, 0.05) is 12.1 Å². The third-order valence-corrected chi connectivity index (χ3v) is 2.23. The van der Waals surface area contributed by atoms with Crippen LogP contribution in [-0.2, 0) is 4.74 Å². The van der Waals surface area contributed by atoms with E-state index in [2.05, 4.69) is 15.3 Å². The molecule has 0 atom stereocenters. The van der Waals surface area contributed by atoms with Crippen LogP contribution in [-0.4, -0.2) is 34.8 Å². The molecule has 0 saturated carbocycles. The number of nitrogens with zero attached hydrogens (tertiary/aromatic N) is 2. The Labute approximate surface area is 127 Å². The number of halogens is 2. The molecule has 0 spiro atoms. The van der Waals surface area contributed by atoms with E-state index in [4.69, 9.17) is 21.1 Å². The van der Waals surface area contributed by atoms with Gasteiger partial charge in [-0.25, -0.2) is 19.2 Å². The van der Waals surface area contributed by atoms with Gasteiger partial charge in [0.15, 0.2) is 5.75 Å². The maximum atomic E-state index is 12.7. The van der Waals surface area contributed by atoms with Crippen LogP contribution in [0.25, 0.3) is 0 Å². The number of aromatic nitrogens is 2. The highest BCUT2D eigenvalue weighted by atomic mass is 35.5. The zero-order valence-electron chi connectivity index (χ0n) is 12.0. The summed E-state index contributed by atoms with van der Waals surface area (Å²) in [7, 11) is 0. The lowest BCUT2D eigenvalue weighted by atomic mass is 10.2. The van der Waals surface area contributed by atoms with Crippen molar-refractivity contribution in [3.8, 4) is 5.75 Å². The molecule has 1 N–H and O–H groups in total. The van der Waals surface area contributed by atoms with E-state index in [9.17, 15) is 9.18 Å². The standard InChI is InChI=1S/C13H17ClFN3O3/c1-13(2,3)21-12(19)18-5-9(4-15)8-20-10-6-16-11(14)17-7-10/h4,6-7H,5,8H2,1-3H3,(H,18,19). The highest BCUT2D eigenvalue weighted by Gasteiger charge is 2.16. The Bertz CT molecular complexity index is 500. The van der Waals surface area contributed by atoms with E-state index >= 15 is 0 Å². The van der Waals surface area contributed by atoms with Gasteiger partial charge in [-0.05, 0) is 32.4 Å². The highest BCUT2D eigenvalue weighted by molar-refractivity contribution is 6.28. The number of ether oxygens (including phenoxy) is 2. The molecular weight excluding hydrogens is 301 g/mol. The van der Waals surface area contributed by atoms with Gasteiger partial charge in [-0.3, -0.25) is 0 Å². The first-order valence-electron chi connectivity index (χ1n) is 6.15. The largest absolute Gasteiger partial charge is 0.486 e. The van der Waals surface area contributed by atoms with E-state index in [0.29, 0.717) is 12.1 Å². The van der Waals surface area contributed by atoms with Crippen LogP contribution in [0.2, 0.25) is 5.28 Å². The zero-order valence-corrected chi connectivity index (χ0v) is 12.8. The average Bonchev–Trinajstić information content (AvgIpc) is 2.39. The van der Waals surface area contributed by atoms with Crippen LogP contribution in [0.3, 0.4) is 0 Å². The Morgan fingerprint density at radius 3 is 2.57 bits per heavy atom. The van der Waals surface area contributed by atoms with Gasteiger partial charge in [-0.1, -0.05) is 0 Å². The van der Waals surface area contributed by atoms with Crippen LogP contribution in [0, 0.1) is 0 Å². The molecule has 8 heteroatoms. The second-order valence-corrected chi connectivity index (χ2v) is 5.44. The molecule has 1 heterocycles. The molecule has 6 nitrogen and oxygen atoms in total. The second kappa shape index (κ2) is 7.78. The number of carbonyl (C=O) groups is 1. The van der Waals surface area contributed by atoms with Crippen LogP contribution < -0.4 is 10.1 Å². The molecule has 21 heavy (non-hydrogen) atoms. The van der Waals surface area contributed by atoms with E-state index in [-0.39, 0.29) is 24.0 Å². The average molecular weight is 318 g/mol. The van der Waals surface area contributed by atoms with Crippen molar-refractivity contribution in [2.24, 2.45) is 0 Å². The summed E-state index contributed by atoms with van der Waals surface area (Å²) in [6.07, 6.45) is 2.48. The Kier molecular flexibility index (Phi) is 6.36. The Hall–Kier alpha value is -1.89. The van der Waals surface area contributed by atoms with Crippen molar-refractivity contribution in [2.75, 3.05) is 13.2 Å². The van der Waals surface area contributed by atoms with Crippen molar-refractivity contribution >= 4 is 17.7 Å². The summed E-state index contributed by atoms with van der Waals surface area (Å²) >= 11 is 5.53. The predicted octanol–water partition coefficient (Wildman–Crippen LogP) is 2.89. The molecule has 116 valence electrons. The van der Waals surface area contributed by atoms with Crippen molar-refractivity contribution in [3.05, 3.63) is 29.6 Å². The van der Waals surface area contributed by atoms with Crippen LogP contribution in [0.4, 0.5) is 9.18 Å². The monoisotopic (exact) mass is 317 g/mol. The van der Waals surface area contributed by atoms with Gasteiger partial charge in [0.05, 0.1) is 18.7 Å². The van der Waals surface area contributed by atoms with Crippen molar-refractivity contribution in [3.63, 3.8) is 0 Å². The zero-order chi connectivity index (χ0) is 15.9. The minimum absolute atomic E-state index is 0.0279. The topological polar surface area (TPSA) is 73.3 Å². The molecule has 1 amide bonds. The normalized spacial score (nSPS) is 12.0. The van der Waals surface area contributed by atoms with Gasteiger partial charge in [0.25, 0.3) is 0 Å². The van der Waals surface area contributed by atoms with Gasteiger partial charge < -0.3 is 14.8 Å². The number of hydrogen-bond donors (Lipinski definition) is 1. The van der Waals surface area contributed by atoms with E-state index in [1.807, 2.05) is 0 Å². The van der Waals surface area contributed by atoms with Crippen molar-refractivity contribution in [1.29, 1.82) is 0 Å². The highest BCUT2D eigenvalue weighted by Crippen LogP contribution is 2.10. The maximum Gasteiger partial charge on any atom is 0.407 e. The summed E-state index contributed by atoms with van der Waals surface area (Å²) in [5.41, 5.74) is -0.378. The maximum absolute atomic E-state index is 12.7. The Morgan fingerprint density at radius 1 is 1.43 bits per heavy atom. The van der Waals surface area contributed by atoms with Crippen LogP contribution >= 0.6 is 11.6 Å². The third-order valence-electron chi connectivity index (χ3n) is 2.03. The summed E-state index contributed by atoms with van der Waals surface area (Å²) in [6.45, 7) is 5.13. The van der Waals surface area contributed by atoms with Crippen molar-refractivity contribution in [1.82, 2.24) is 15.3 Å². The first-order chi connectivity index (χ1) is 9.80. The lowest BCUT2D eigenvalue weighted by Crippen LogP contribution is -2.34. The Balaban J connectivity index is 2.39. The first kappa shape index (κ1) is 17.2. The molecule has 0 saturated heterocycles. The number of hydrogen-bond acceptors (Lipinski definition) is 5. The summed E-state index contributed by atoms with van der Waals surface area (Å²) in [4.78, 5) is 18.9. The summed E-state index contributed by atoms with van der Waals surface area (Å²) < 4.78 is 23.0. The number of amides is 1. The predicted molar refractivity (Wildman–Crippen MR) is 76.0 cm³/mol. The van der Waals surface area contributed by atoms with Gasteiger partial charge >= 0.3 is 6.09 Å². The number of alkyl carbamates (subject to hydrolysis) is 1. The van der Waals surface area contributed by atoms with E-state index in [1.165, 1.54) is 12.4 Å². The number of nitrogens with one attached hydrogen (secondary N) is 1. The molecule has 0 aliphatic rings. The molecular formula is C13H17ClFN3O3. The minimum atomic E-state index is -0.628. The van der Waals surface area contributed by atoms with Gasteiger partial charge in [0.1, 0.15) is 12.2 Å². The Morgan fingerprint density at radius 2 is 2.05 bits per heavy atom. The first-order valence-corrected chi connectivity index (χ1v) is 6.53. The molecule has 0 aliphatic carbocycles. The molecule has 1 rings (SSSR count). The molecule has 0 aliphatic heterocycles. The third kappa shape index (κ3) is 7.45. The van der Waals surface area contributed by atoms with E-state index in [0.717, 1.165) is 0 Å². The van der Waals surface area contributed by atoms with Crippen molar-refractivity contribution in [2.45, 2.75) is 26.4 Å². The van der Waals surface area contributed by atoms with E-state index in [1.54, 1.807) is 20.8 Å². The number of carbonyl (C=O) groups excluding carboxylic acids is 1. The quantitative estimate of drug-likeness (QED) is 0.845. The smallest absolute Gasteiger partial charge is 0.407 e. The van der Waals surface area contributed by atoms with Crippen LogP contribution in [0.15, 0.2) is 24.3 Å². The van der Waals surface area contributed by atoms with Crippen LogP contribution in [0.5, 0.6) is 5.75 Å². The molecule has 0 fully saturated rings. The molecule has 0 bridgehead atoms. The molecule has 1 aromatic heterocycles.